The van der Waals surface area contributed by atoms with Crippen LogP contribution in [0.5, 0.6) is 0 Å². The van der Waals surface area contributed by atoms with E-state index in [0.29, 0.717) is 12.3 Å². The highest BCUT2D eigenvalue weighted by Crippen LogP contribution is 2.03. The minimum Gasteiger partial charge on any atom is -0.480 e. The second kappa shape index (κ2) is 11.5. The van der Waals surface area contributed by atoms with Gasteiger partial charge in [0.05, 0.1) is 6.61 Å². The Morgan fingerprint density at radius 2 is 1.62 bits per heavy atom. The summed E-state index contributed by atoms with van der Waals surface area (Å²) in [5, 5.41) is 51.8. The Bertz CT molecular complexity index is 299. The van der Waals surface area contributed by atoms with Crippen molar-refractivity contribution in [1.82, 2.24) is 0 Å². The molecule has 0 aliphatic carbocycles. The fourth-order valence-electron chi connectivity index (χ4n) is 1.23. The fourth-order valence-corrected chi connectivity index (χ4v) is 1.23. The van der Waals surface area contributed by atoms with Crippen molar-refractivity contribution in [2.24, 2.45) is 11.7 Å². The molecule has 9 heteroatoms. The van der Waals surface area contributed by atoms with Crippen LogP contribution in [0.15, 0.2) is 0 Å². The summed E-state index contributed by atoms with van der Waals surface area (Å²) in [5.74, 6) is -0.556. The van der Waals surface area contributed by atoms with Crippen molar-refractivity contribution in [3.8, 4) is 0 Å². The number of aldehydes is 1. The normalized spacial score (nSPS) is 18.0. The van der Waals surface area contributed by atoms with Gasteiger partial charge in [0.25, 0.3) is 0 Å². The van der Waals surface area contributed by atoms with Gasteiger partial charge in [0.1, 0.15) is 30.5 Å². The lowest BCUT2D eigenvalue weighted by molar-refractivity contribution is -0.139. The molecule has 0 fully saturated rings. The van der Waals surface area contributed by atoms with Crippen LogP contribution >= 0.6 is 0 Å². The average Bonchev–Trinajstić information content (AvgIpc) is 2.43. The van der Waals surface area contributed by atoms with Gasteiger partial charge < -0.3 is 41.2 Å². The minimum absolute atomic E-state index is 0.0258. The number of aliphatic carboxylic acids is 1. The molecule has 0 spiro atoms. The second-order valence-corrected chi connectivity index (χ2v) is 4.93. The maximum absolute atomic E-state index is 10.1. The monoisotopic (exact) mass is 311 g/mol. The number of carbonyl (C=O) groups is 2. The smallest absolute Gasteiger partial charge is 0.320 e. The number of carboxylic acids is 1. The number of aliphatic hydroxyl groups excluding tert-OH is 5. The highest BCUT2D eigenvalue weighted by Gasteiger charge is 2.29. The first-order valence-electron chi connectivity index (χ1n) is 6.35. The SMILES string of the molecule is CC(C)CC(N)C(=O)O.O=CC(O)C(O)C(O)C(O)CO. The van der Waals surface area contributed by atoms with Gasteiger partial charge in [-0.05, 0) is 12.3 Å². The molecule has 0 saturated carbocycles. The van der Waals surface area contributed by atoms with E-state index in [4.69, 9.17) is 36.4 Å². The van der Waals surface area contributed by atoms with Crippen molar-refractivity contribution >= 4 is 12.3 Å². The van der Waals surface area contributed by atoms with E-state index in [2.05, 4.69) is 0 Å². The number of hydrogen-bond acceptors (Lipinski definition) is 8. The van der Waals surface area contributed by atoms with Crippen LogP contribution in [0.3, 0.4) is 0 Å². The van der Waals surface area contributed by atoms with E-state index in [1.54, 1.807) is 0 Å². The predicted molar refractivity (Wildman–Crippen MR) is 72.2 cm³/mol. The van der Waals surface area contributed by atoms with Gasteiger partial charge in [-0.3, -0.25) is 4.79 Å². The number of hydrogen-bond donors (Lipinski definition) is 7. The first-order valence-corrected chi connectivity index (χ1v) is 6.35. The molecule has 0 aromatic carbocycles. The Kier molecular flexibility index (Phi) is 12.2. The third-order valence-corrected chi connectivity index (χ3v) is 2.46. The summed E-state index contributed by atoms with van der Waals surface area (Å²) in [7, 11) is 0. The Balaban J connectivity index is 0. The van der Waals surface area contributed by atoms with E-state index in [-0.39, 0.29) is 6.29 Å². The van der Waals surface area contributed by atoms with Crippen molar-refractivity contribution in [2.45, 2.75) is 50.7 Å². The molecule has 8 N–H and O–H groups in total. The van der Waals surface area contributed by atoms with Gasteiger partial charge in [0.2, 0.25) is 0 Å². The predicted octanol–water partition coefficient (Wildman–Crippen LogP) is -2.93. The zero-order valence-corrected chi connectivity index (χ0v) is 12.0. The first kappa shape index (κ1) is 22.2. The Labute approximate surface area is 122 Å². The van der Waals surface area contributed by atoms with Crippen LogP contribution in [0.2, 0.25) is 0 Å². The zero-order chi connectivity index (χ0) is 17.2. The van der Waals surface area contributed by atoms with Gasteiger partial charge in [-0.15, -0.1) is 0 Å². The summed E-state index contributed by atoms with van der Waals surface area (Å²) in [6.07, 6.45) is -6.29. The summed E-state index contributed by atoms with van der Waals surface area (Å²) in [4.78, 5) is 20.0. The molecule has 0 saturated heterocycles. The quantitative estimate of drug-likeness (QED) is 0.231. The third-order valence-electron chi connectivity index (χ3n) is 2.46. The summed E-state index contributed by atoms with van der Waals surface area (Å²) in [6, 6.07) is -0.690. The molecular formula is C12H25NO8. The molecule has 0 aliphatic rings. The summed E-state index contributed by atoms with van der Waals surface area (Å²) in [6.45, 7) is 3.13. The molecule has 0 aromatic heterocycles. The van der Waals surface area contributed by atoms with Gasteiger partial charge in [-0.2, -0.15) is 0 Å². The largest absolute Gasteiger partial charge is 0.480 e. The van der Waals surface area contributed by atoms with Gasteiger partial charge in [0, 0.05) is 0 Å². The zero-order valence-electron chi connectivity index (χ0n) is 12.0. The Morgan fingerprint density at radius 1 is 1.14 bits per heavy atom. The first-order chi connectivity index (χ1) is 9.58. The van der Waals surface area contributed by atoms with Crippen LogP contribution in [0, 0.1) is 5.92 Å². The Morgan fingerprint density at radius 3 is 1.86 bits per heavy atom. The van der Waals surface area contributed by atoms with E-state index in [0.717, 1.165) is 0 Å². The molecule has 5 atom stereocenters. The lowest BCUT2D eigenvalue weighted by Gasteiger charge is -2.22. The standard InChI is InChI=1S/C6H13NO2.C6H12O6/c1-4(2)3-5(7)6(8)9;7-1-3(9)5(11)6(12)4(10)2-8/h4-5H,3,7H2,1-2H3,(H,8,9);1,3-6,8-12H,2H2. The number of carbonyl (C=O) groups excluding carboxylic acids is 1. The molecule has 21 heavy (non-hydrogen) atoms. The van der Waals surface area contributed by atoms with Crippen LogP contribution in [-0.4, -0.2) is 80.0 Å². The molecule has 0 amide bonds. The van der Waals surface area contributed by atoms with Crippen LogP contribution < -0.4 is 5.73 Å². The van der Waals surface area contributed by atoms with Gasteiger partial charge in [0.15, 0.2) is 6.29 Å². The molecule has 0 radical (unpaired) electrons. The van der Waals surface area contributed by atoms with E-state index in [1.165, 1.54) is 0 Å². The number of rotatable bonds is 8. The van der Waals surface area contributed by atoms with Crippen LogP contribution in [0.4, 0.5) is 0 Å². The number of nitrogens with two attached hydrogens (primary N) is 1. The molecule has 0 bridgehead atoms. The molecule has 0 aliphatic heterocycles. The third kappa shape index (κ3) is 10.3. The van der Waals surface area contributed by atoms with E-state index < -0.39 is 43.0 Å². The Hall–Kier alpha value is -1.10. The average molecular weight is 311 g/mol. The van der Waals surface area contributed by atoms with E-state index >= 15 is 0 Å². The number of aliphatic hydroxyl groups is 5. The minimum atomic E-state index is -1.79. The summed E-state index contributed by atoms with van der Waals surface area (Å²) >= 11 is 0. The molecule has 0 rings (SSSR count). The van der Waals surface area contributed by atoms with E-state index in [1.807, 2.05) is 13.8 Å². The highest BCUT2D eigenvalue weighted by atomic mass is 16.4. The van der Waals surface area contributed by atoms with Crippen LogP contribution in [-0.2, 0) is 9.59 Å². The summed E-state index contributed by atoms with van der Waals surface area (Å²) < 4.78 is 0. The second-order valence-electron chi connectivity index (χ2n) is 4.93. The van der Waals surface area contributed by atoms with Gasteiger partial charge in [-0.25, -0.2) is 0 Å². The van der Waals surface area contributed by atoms with Crippen molar-refractivity contribution in [2.75, 3.05) is 6.61 Å². The highest BCUT2D eigenvalue weighted by molar-refractivity contribution is 5.72. The summed E-state index contributed by atoms with van der Waals surface area (Å²) in [5.41, 5.74) is 5.22. The van der Waals surface area contributed by atoms with Crippen molar-refractivity contribution in [1.29, 1.82) is 0 Å². The molecule has 0 aromatic rings. The molecule has 5 unspecified atom stereocenters. The number of carboxylic acid groups (broad SMARTS) is 1. The van der Waals surface area contributed by atoms with Crippen LogP contribution in [0.25, 0.3) is 0 Å². The lowest BCUT2D eigenvalue weighted by Crippen LogP contribution is -2.46. The molecule has 0 heterocycles. The molecule has 126 valence electrons. The fraction of sp³-hybridized carbons (Fsp3) is 0.833. The van der Waals surface area contributed by atoms with Crippen molar-refractivity contribution < 1.29 is 40.2 Å². The molecule has 9 nitrogen and oxygen atoms in total. The molecular weight excluding hydrogens is 286 g/mol. The van der Waals surface area contributed by atoms with Crippen molar-refractivity contribution in [3.63, 3.8) is 0 Å². The van der Waals surface area contributed by atoms with E-state index in [9.17, 15) is 9.59 Å². The van der Waals surface area contributed by atoms with Gasteiger partial charge in [-0.1, -0.05) is 13.8 Å². The van der Waals surface area contributed by atoms with Gasteiger partial charge >= 0.3 is 5.97 Å². The maximum atomic E-state index is 10.1. The topological polar surface area (TPSA) is 182 Å². The maximum Gasteiger partial charge on any atom is 0.320 e. The lowest BCUT2D eigenvalue weighted by atomic mass is 10.0. The van der Waals surface area contributed by atoms with Crippen LogP contribution in [0.1, 0.15) is 20.3 Å². The van der Waals surface area contributed by atoms with Crippen molar-refractivity contribution in [3.05, 3.63) is 0 Å².